The maximum atomic E-state index is 5.71. The molecule has 0 spiro atoms. The zero-order valence-electron chi connectivity index (χ0n) is 9.55. The smallest absolute Gasteiger partial charge is 0.175 e. The van der Waals surface area contributed by atoms with Gasteiger partial charge in [-0.15, -0.1) is 0 Å². The van der Waals surface area contributed by atoms with Gasteiger partial charge in [0.1, 0.15) is 13.2 Å². The predicted octanol–water partition coefficient (Wildman–Crippen LogP) is 2.59. The van der Waals surface area contributed by atoms with E-state index in [-0.39, 0.29) is 0 Å². The number of fused-ring (bicyclic) bond motifs is 1. The van der Waals surface area contributed by atoms with Gasteiger partial charge in [-0.05, 0) is 52.5 Å². The minimum atomic E-state index is 0.326. The third kappa shape index (κ3) is 1.92. The third-order valence-electron chi connectivity index (χ3n) is 2.94. The normalized spacial score (nSPS) is 16.0. The summed E-state index contributed by atoms with van der Waals surface area (Å²) >= 11 is 3.57. The molecule has 2 N–H and O–H groups in total. The lowest BCUT2D eigenvalue weighted by Crippen LogP contribution is -2.17. The Balaban J connectivity index is 2.52. The number of rotatable bonds is 2. The van der Waals surface area contributed by atoms with Crippen molar-refractivity contribution in [1.82, 2.24) is 0 Å². The molecule has 0 saturated heterocycles. The molecule has 0 fully saturated rings. The zero-order valence-corrected chi connectivity index (χ0v) is 11.1. The summed E-state index contributed by atoms with van der Waals surface area (Å²) in [5.41, 5.74) is 8.12. The first-order valence-electron chi connectivity index (χ1n) is 5.43. The maximum absolute atomic E-state index is 5.71. The molecule has 88 valence electrons. The summed E-state index contributed by atoms with van der Waals surface area (Å²) in [5.74, 6) is 1.96. The van der Waals surface area contributed by atoms with E-state index < -0.39 is 0 Å². The Hall–Kier alpha value is -0.740. The van der Waals surface area contributed by atoms with Crippen LogP contribution in [0.3, 0.4) is 0 Å². The van der Waals surface area contributed by atoms with Crippen LogP contribution in [0.25, 0.3) is 0 Å². The highest BCUT2D eigenvalue weighted by Gasteiger charge is 2.21. The first-order valence-corrected chi connectivity index (χ1v) is 6.23. The van der Waals surface area contributed by atoms with Crippen molar-refractivity contribution in [2.24, 2.45) is 5.73 Å². The van der Waals surface area contributed by atoms with E-state index in [1.807, 2.05) is 6.07 Å². The molecule has 1 aliphatic heterocycles. The topological polar surface area (TPSA) is 44.5 Å². The van der Waals surface area contributed by atoms with Gasteiger partial charge in [-0.3, -0.25) is 0 Å². The predicted molar refractivity (Wildman–Crippen MR) is 67.3 cm³/mol. The molecule has 1 aromatic carbocycles. The summed E-state index contributed by atoms with van der Waals surface area (Å²) in [5, 5.41) is 0. The molecule has 1 atom stereocenters. The molecule has 16 heavy (non-hydrogen) atoms. The fourth-order valence-electron chi connectivity index (χ4n) is 1.90. The fraction of sp³-hybridized carbons (Fsp3) is 0.500. The number of nitrogens with two attached hydrogens (primary N) is 1. The Kier molecular flexibility index (Phi) is 3.40. The third-order valence-corrected chi connectivity index (χ3v) is 3.90. The lowest BCUT2D eigenvalue weighted by molar-refractivity contribution is 0.170. The van der Waals surface area contributed by atoms with E-state index in [2.05, 4.69) is 29.8 Å². The Labute approximate surface area is 104 Å². The van der Waals surface area contributed by atoms with Crippen molar-refractivity contribution in [3.63, 3.8) is 0 Å². The van der Waals surface area contributed by atoms with Crippen LogP contribution in [0.1, 0.15) is 24.0 Å². The molecule has 1 heterocycles. The van der Waals surface area contributed by atoms with Crippen molar-refractivity contribution >= 4 is 15.9 Å². The van der Waals surface area contributed by atoms with E-state index in [0.29, 0.717) is 25.7 Å². The Morgan fingerprint density at radius 2 is 2.12 bits per heavy atom. The van der Waals surface area contributed by atoms with Crippen LogP contribution < -0.4 is 15.2 Å². The van der Waals surface area contributed by atoms with Gasteiger partial charge in [0.05, 0.1) is 4.47 Å². The first-order chi connectivity index (χ1) is 7.65. The van der Waals surface area contributed by atoms with Crippen LogP contribution in [0, 0.1) is 6.92 Å². The highest BCUT2D eigenvalue weighted by molar-refractivity contribution is 9.10. The molecule has 2 rings (SSSR count). The van der Waals surface area contributed by atoms with Crippen LogP contribution in [0.2, 0.25) is 0 Å². The summed E-state index contributed by atoms with van der Waals surface area (Å²) in [6.45, 7) is 6.04. The molecule has 3 nitrogen and oxygen atoms in total. The van der Waals surface area contributed by atoms with Gasteiger partial charge in [-0.2, -0.15) is 0 Å². The van der Waals surface area contributed by atoms with Gasteiger partial charge in [-0.25, -0.2) is 0 Å². The molecule has 0 aliphatic carbocycles. The zero-order chi connectivity index (χ0) is 11.7. The highest BCUT2D eigenvalue weighted by atomic mass is 79.9. The summed E-state index contributed by atoms with van der Waals surface area (Å²) in [6.07, 6.45) is 0. The second-order valence-corrected chi connectivity index (χ2v) is 4.86. The Morgan fingerprint density at radius 1 is 1.44 bits per heavy atom. The maximum Gasteiger partial charge on any atom is 0.175 e. The Morgan fingerprint density at radius 3 is 2.81 bits per heavy atom. The standard InChI is InChI=1S/C12H16BrNO2/c1-7(6-14)9-5-10-12(11(13)8(9)2)16-4-3-15-10/h5,7H,3-4,6,14H2,1-2H3. The SMILES string of the molecule is Cc1c(C(C)CN)cc2c(c1Br)OCCO2. The fourth-order valence-corrected chi connectivity index (χ4v) is 2.43. The van der Waals surface area contributed by atoms with Crippen molar-refractivity contribution in [3.05, 3.63) is 21.7 Å². The molecular weight excluding hydrogens is 270 g/mol. The summed E-state index contributed by atoms with van der Waals surface area (Å²) < 4.78 is 12.2. The number of ether oxygens (including phenoxy) is 2. The van der Waals surface area contributed by atoms with Crippen LogP contribution in [0.4, 0.5) is 0 Å². The van der Waals surface area contributed by atoms with Gasteiger partial charge < -0.3 is 15.2 Å². The number of hydrogen-bond acceptors (Lipinski definition) is 3. The largest absolute Gasteiger partial charge is 0.486 e. The molecular formula is C12H16BrNO2. The van der Waals surface area contributed by atoms with Gasteiger partial charge in [-0.1, -0.05) is 6.92 Å². The van der Waals surface area contributed by atoms with E-state index in [1.165, 1.54) is 11.1 Å². The minimum absolute atomic E-state index is 0.326. The van der Waals surface area contributed by atoms with E-state index in [4.69, 9.17) is 15.2 Å². The van der Waals surface area contributed by atoms with Gasteiger partial charge >= 0.3 is 0 Å². The van der Waals surface area contributed by atoms with Crippen LogP contribution in [-0.2, 0) is 0 Å². The molecule has 1 aromatic rings. The van der Waals surface area contributed by atoms with E-state index in [1.54, 1.807) is 0 Å². The number of halogens is 1. The van der Waals surface area contributed by atoms with Crippen molar-refractivity contribution < 1.29 is 9.47 Å². The van der Waals surface area contributed by atoms with Gasteiger partial charge in [0.25, 0.3) is 0 Å². The molecule has 0 radical (unpaired) electrons. The lowest BCUT2D eigenvalue weighted by atomic mass is 9.96. The number of benzene rings is 1. The highest BCUT2D eigenvalue weighted by Crippen LogP contribution is 2.42. The molecule has 0 amide bonds. The van der Waals surface area contributed by atoms with E-state index >= 15 is 0 Å². The monoisotopic (exact) mass is 285 g/mol. The Bertz CT molecular complexity index is 406. The quantitative estimate of drug-likeness (QED) is 0.908. The summed E-state index contributed by atoms with van der Waals surface area (Å²) in [4.78, 5) is 0. The molecule has 0 aromatic heterocycles. The summed E-state index contributed by atoms with van der Waals surface area (Å²) in [7, 11) is 0. The van der Waals surface area contributed by atoms with Crippen LogP contribution in [0.15, 0.2) is 10.5 Å². The van der Waals surface area contributed by atoms with E-state index in [0.717, 1.165) is 16.0 Å². The van der Waals surface area contributed by atoms with Crippen LogP contribution in [0.5, 0.6) is 11.5 Å². The second kappa shape index (κ2) is 4.63. The van der Waals surface area contributed by atoms with Crippen molar-refractivity contribution in [3.8, 4) is 11.5 Å². The summed E-state index contributed by atoms with van der Waals surface area (Å²) in [6, 6.07) is 2.05. The molecule has 0 bridgehead atoms. The molecule has 0 saturated carbocycles. The van der Waals surface area contributed by atoms with Crippen LogP contribution in [-0.4, -0.2) is 19.8 Å². The average molecular weight is 286 g/mol. The van der Waals surface area contributed by atoms with Gasteiger partial charge in [0.15, 0.2) is 11.5 Å². The lowest BCUT2D eigenvalue weighted by Gasteiger charge is -2.24. The van der Waals surface area contributed by atoms with Crippen LogP contribution >= 0.6 is 15.9 Å². The van der Waals surface area contributed by atoms with Gasteiger partial charge in [0, 0.05) is 0 Å². The molecule has 1 aliphatic rings. The average Bonchev–Trinajstić information content (AvgIpc) is 2.33. The second-order valence-electron chi connectivity index (χ2n) is 4.07. The van der Waals surface area contributed by atoms with E-state index in [9.17, 15) is 0 Å². The first kappa shape index (κ1) is 11.7. The minimum Gasteiger partial charge on any atom is -0.486 e. The van der Waals surface area contributed by atoms with Crippen molar-refractivity contribution in [2.75, 3.05) is 19.8 Å². The van der Waals surface area contributed by atoms with Crippen molar-refractivity contribution in [2.45, 2.75) is 19.8 Å². The molecule has 1 unspecified atom stereocenters. The molecule has 4 heteroatoms. The van der Waals surface area contributed by atoms with Crippen molar-refractivity contribution in [1.29, 1.82) is 0 Å². The number of hydrogen-bond donors (Lipinski definition) is 1. The van der Waals surface area contributed by atoms with Gasteiger partial charge in [0.2, 0.25) is 0 Å².